The molecule has 1 fully saturated rings. The Bertz CT molecular complexity index is 948. The molecule has 1 aliphatic carbocycles. The first kappa shape index (κ1) is 18.7. The van der Waals surface area contributed by atoms with Gasteiger partial charge in [0.2, 0.25) is 5.91 Å². The van der Waals surface area contributed by atoms with E-state index in [1.54, 1.807) is 0 Å². The topological polar surface area (TPSA) is 59.8 Å². The van der Waals surface area contributed by atoms with E-state index in [2.05, 4.69) is 27.0 Å². The number of benzene rings is 2. The zero-order valence-electron chi connectivity index (χ0n) is 16.1. The molecular formula is C22H24N4OS. The maximum absolute atomic E-state index is 13.2. The quantitative estimate of drug-likeness (QED) is 0.578. The Balaban J connectivity index is 1.61. The van der Waals surface area contributed by atoms with Crippen LogP contribution in [0.4, 0.5) is 5.69 Å². The summed E-state index contributed by atoms with van der Waals surface area (Å²) < 4.78 is 2.15. The third-order valence-corrected chi connectivity index (χ3v) is 6.12. The van der Waals surface area contributed by atoms with Crippen molar-refractivity contribution in [3.63, 3.8) is 0 Å². The van der Waals surface area contributed by atoms with Crippen LogP contribution >= 0.6 is 11.8 Å². The number of nitrogens with one attached hydrogen (secondary N) is 1. The summed E-state index contributed by atoms with van der Waals surface area (Å²) in [6, 6.07) is 17.7. The fourth-order valence-electron chi connectivity index (χ4n) is 3.18. The van der Waals surface area contributed by atoms with Gasteiger partial charge in [-0.3, -0.25) is 4.79 Å². The lowest BCUT2D eigenvalue weighted by Crippen LogP contribution is -2.19. The highest BCUT2D eigenvalue weighted by Gasteiger charge is 2.31. The molecule has 1 N–H and O–H groups in total. The van der Waals surface area contributed by atoms with Gasteiger partial charge in [0.05, 0.1) is 0 Å². The Kier molecular flexibility index (Phi) is 5.48. The number of rotatable bonds is 7. The zero-order chi connectivity index (χ0) is 19.5. The second-order valence-electron chi connectivity index (χ2n) is 7.12. The normalized spacial score (nSPS) is 14.6. The van der Waals surface area contributed by atoms with Crippen molar-refractivity contribution in [1.29, 1.82) is 0 Å². The summed E-state index contributed by atoms with van der Waals surface area (Å²) in [4.78, 5) is 13.2. The molecule has 3 aromatic rings. The monoisotopic (exact) mass is 392 g/mol. The average Bonchev–Trinajstić information content (AvgIpc) is 3.48. The van der Waals surface area contributed by atoms with Crippen molar-refractivity contribution in [2.45, 2.75) is 49.6 Å². The van der Waals surface area contributed by atoms with Crippen LogP contribution in [0.5, 0.6) is 0 Å². The summed E-state index contributed by atoms with van der Waals surface area (Å²) in [5.74, 6) is 1.52. The highest BCUT2D eigenvalue weighted by Crippen LogP contribution is 2.42. The summed E-state index contributed by atoms with van der Waals surface area (Å²) in [6.45, 7) is 4.94. The molecule has 6 heteroatoms. The molecule has 0 saturated heterocycles. The van der Waals surface area contributed by atoms with E-state index in [0.717, 1.165) is 34.3 Å². The predicted molar refractivity (Wildman–Crippen MR) is 113 cm³/mol. The number of hydrogen-bond acceptors (Lipinski definition) is 4. The second kappa shape index (κ2) is 8.19. The number of carbonyl (C=O) groups excluding carboxylic acids is 1. The lowest BCUT2D eigenvalue weighted by atomic mass is 10.1. The third-order valence-electron chi connectivity index (χ3n) is 4.89. The predicted octanol–water partition coefficient (Wildman–Crippen LogP) is 4.96. The van der Waals surface area contributed by atoms with E-state index in [1.165, 1.54) is 24.6 Å². The second-order valence-corrected chi connectivity index (χ2v) is 8.20. The summed E-state index contributed by atoms with van der Waals surface area (Å²) >= 11 is 1.47. The smallest absolute Gasteiger partial charge is 0.242 e. The van der Waals surface area contributed by atoms with Crippen LogP contribution < -0.4 is 5.32 Å². The molecule has 2 aromatic carbocycles. The highest BCUT2D eigenvalue weighted by atomic mass is 32.2. The van der Waals surface area contributed by atoms with Gasteiger partial charge < -0.3 is 9.88 Å². The van der Waals surface area contributed by atoms with Gasteiger partial charge in [0.25, 0.3) is 0 Å². The minimum Gasteiger partial charge on any atom is -0.325 e. The first-order chi connectivity index (χ1) is 13.7. The van der Waals surface area contributed by atoms with E-state index in [0.29, 0.717) is 5.92 Å². The number of nitrogens with zero attached hydrogens (tertiary/aromatic N) is 3. The molecule has 1 atom stereocenters. The van der Waals surface area contributed by atoms with Crippen molar-refractivity contribution in [2.24, 2.45) is 0 Å². The summed E-state index contributed by atoms with van der Waals surface area (Å²) in [5, 5.41) is 12.3. The van der Waals surface area contributed by atoms with Gasteiger partial charge in [0.15, 0.2) is 5.16 Å². The van der Waals surface area contributed by atoms with Crippen LogP contribution in [0, 0.1) is 6.92 Å². The molecular weight excluding hydrogens is 368 g/mol. The maximum Gasteiger partial charge on any atom is 0.242 e. The van der Waals surface area contributed by atoms with Gasteiger partial charge in [0, 0.05) is 18.2 Å². The minimum atomic E-state index is -0.399. The van der Waals surface area contributed by atoms with Crippen molar-refractivity contribution in [3.05, 3.63) is 71.5 Å². The fourth-order valence-corrected chi connectivity index (χ4v) is 4.29. The minimum absolute atomic E-state index is 0.0568. The van der Waals surface area contributed by atoms with Gasteiger partial charge in [-0.15, -0.1) is 10.2 Å². The van der Waals surface area contributed by atoms with Crippen molar-refractivity contribution in [3.8, 4) is 0 Å². The van der Waals surface area contributed by atoms with E-state index in [4.69, 9.17) is 0 Å². The number of anilines is 1. The number of aromatic nitrogens is 3. The van der Waals surface area contributed by atoms with E-state index in [9.17, 15) is 4.79 Å². The van der Waals surface area contributed by atoms with Crippen molar-refractivity contribution in [1.82, 2.24) is 14.8 Å². The van der Waals surface area contributed by atoms with Gasteiger partial charge in [-0.25, -0.2) is 0 Å². The molecule has 4 rings (SSSR count). The molecule has 144 valence electrons. The maximum atomic E-state index is 13.2. The molecule has 1 unspecified atom stereocenters. The van der Waals surface area contributed by atoms with Crippen LogP contribution in [0.3, 0.4) is 0 Å². The van der Waals surface area contributed by atoms with Crippen molar-refractivity contribution in [2.75, 3.05) is 5.32 Å². The van der Waals surface area contributed by atoms with Gasteiger partial charge in [-0.05, 0) is 44.4 Å². The molecule has 0 bridgehead atoms. The number of hydrogen-bond donors (Lipinski definition) is 1. The van der Waals surface area contributed by atoms with Gasteiger partial charge in [0.1, 0.15) is 11.1 Å². The Morgan fingerprint density at radius 1 is 1.14 bits per heavy atom. The Morgan fingerprint density at radius 2 is 1.86 bits per heavy atom. The molecule has 1 aliphatic rings. The molecule has 0 aliphatic heterocycles. The van der Waals surface area contributed by atoms with E-state index >= 15 is 0 Å². The summed E-state index contributed by atoms with van der Waals surface area (Å²) in [5.41, 5.74) is 2.92. The SMILES string of the molecule is CCn1c(SC(C(=O)Nc2ccc(C)cc2)c2ccccc2)nnc1C1CC1. The van der Waals surface area contributed by atoms with Gasteiger partial charge in [-0.2, -0.15) is 0 Å². The van der Waals surface area contributed by atoms with E-state index in [-0.39, 0.29) is 5.91 Å². The fraction of sp³-hybridized carbons (Fsp3) is 0.318. The first-order valence-corrected chi connectivity index (χ1v) is 10.6. The van der Waals surface area contributed by atoms with E-state index < -0.39 is 5.25 Å². The number of aryl methyl sites for hydroxylation is 1. The van der Waals surface area contributed by atoms with Crippen LogP contribution in [0.15, 0.2) is 59.8 Å². The van der Waals surface area contributed by atoms with Crippen LogP contribution in [-0.2, 0) is 11.3 Å². The van der Waals surface area contributed by atoms with Crippen molar-refractivity contribution < 1.29 is 4.79 Å². The Hall–Kier alpha value is -2.60. The third kappa shape index (κ3) is 4.12. The first-order valence-electron chi connectivity index (χ1n) is 9.68. The lowest BCUT2D eigenvalue weighted by molar-refractivity contribution is -0.115. The molecule has 28 heavy (non-hydrogen) atoms. The summed E-state index contributed by atoms with van der Waals surface area (Å²) in [6.07, 6.45) is 2.36. The molecule has 1 amide bonds. The standard InChI is InChI=1S/C22H24N4OS/c1-3-26-20(17-11-12-17)24-25-22(26)28-19(16-7-5-4-6-8-16)21(27)23-18-13-9-15(2)10-14-18/h4-10,13-14,17,19H,3,11-12H2,1-2H3,(H,23,27). The molecule has 1 saturated carbocycles. The molecule has 5 nitrogen and oxygen atoms in total. The van der Waals surface area contributed by atoms with Crippen LogP contribution in [0.25, 0.3) is 0 Å². The molecule has 1 aromatic heterocycles. The largest absolute Gasteiger partial charge is 0.325 e. The van der Waals surface area contributed by atoms with E-state index in [1.807, 2.05) is 61.5 Å². The number of carbonyl (C=O) groups is 1. The molecule has 0 radical (unpaired) electrons. The number of thioether (sulfide) groups is 1. The Morgan fingerprint density at radius 3 is 2.50 bits per heavy atom. The molecule has 1 heterocycles. The average molecular weight is 393 g/mol. The Labute approximate surface area is 169 Å². The lowest BCUT2D eigenvalue weighted by Gasteiger charge is -2.17. The summed E-state index contributed by atoms with van der Waals surface area (Å²) in [7, 11) is 0. The van der Waals surface area contributed by atoms with Gasteiger partial charge >= 0.3 is 0 Å². The van der Waals surface area contributed by atoms with Crippen LogP contribution in [0.2, 0.25) is 0 Å². The van der Waals surface area contributed by atoms with Gasteiger partial charge in [-0.1, -0.05) is 59.8 Å². The molecule has 0 spiro atoms. The van der Waals surface area contributed by atoms with Crippen LogP contribution in [-0.4, -0.2) is 20.7 Å². The van der Waals surface area contributed by atoms with Crippen molar-refractivity contribution >= 4 is 23.4 Å². The zero-order valence-corrected chi connectivity index (χ0v) is 16.9. The van der Waals surface area contributed by atoms with Crippen LogP contribution in [0.1, 0.15) is 47.9 Å². The highest BCUT2D eigenvalue weighted by molar-refractivity contribution is 8.00. The number of amides is 1.